The van der Waals surface area contributed by atoms with Gasteiger partial charge in [-0.05, 0) is 30.2 Å². The molecule has 0 saturated heterocycles. The number of nitrogens with one attached hydrogen (secondary N) is 1. The number of methoxy groups -OCH3 is 1. The van der Waals surface area contributed by atoms with E-state index in [1.165, 1.54) is 0 Å². The van der Waals surface area contributed by atoms with Crippen LogP contribution < -0.4 is 10.1 Å². The molecule has 0 spiro atoms. The fourth-order valence-electron chi connectivity index (χ4n) is 1.90. The van der Waals surface area contributed by atoms with Crippen LogP contribution in [0.3, 0.4) is 0 Å². The van der Waals surface area contributed by atoms with Gasteiger partial charge in [0, 0.05) is 12.1 Å². The lowest BCUT2D eigenvalue weighted by atomic mass is 10.1. The van der Waals surface area contributed by atoms with Gasteiger partial charge in [0.05, 0.1) is 12.1 Å². The molecule has 104 valence electrons. The first-order valence-corrected chi connectivity index (χ1v) is 6.75. The van der Waals surface area contributed by atoms with Crippen molar-refractivity contribution in [1.82, 2.24) is 0 Å². The van der Waals surface area contributed by atoms with Crippen LogP contribution in [0.4, 0.5) is 5.69 Å². The van der Waals surface area contributed by atoms with E-state index >= 15 is 0 Å². The second kappa shape index (κ2) is 6.96. The molecule has 1 N–H and O–H groups in total. The SMILES string of the molecule is COc1cccc(CCC(=O)Nc2ccccc2)c1Cl. The average molecular weight is 290 g/mol. The van der Waals surface area contributed by atoms with E-state index in [-0.39, 0.29) is 5.91 Å². The molecule has 20 heavy (non-hydrogen) atoms. The standard InChI is InChI=1S/C16H16ClNO2/c1-20-14-9-5-6-12(16(14)17)10-11-15(19)18-13-7-3-2-4-8-13/h2-9H,10-11H2,1H3,(H,18,19). The first kappa shape index (κ1) is 14.4. The van der Waals surface area contributed by atoms with Crippen molar-refractivity contribution in [1.29, 1.82) is 0 Å². The Balaban J connectivity index is 1.94. The normalized spacial score (nSPS) is 10.1. The predicted molar refractivity (Wildman–Crippen MR) is 81.4 cm³/mol. The van der Waals surface area contributed by atoms with Crippen LogP contribution in [0.15, 0.2) is 48.5 Å². The maximum absolute atomic E-state index is 11.9. The van der Waals surface area contributed by atoms with Crippen molar-refractivity contribution in [3.63, 3.8) is 0 Å². The Morgan fingerprint density at radius 1 is 1.15 bits per heavy atom. The Labute approximate surface area is 123 Å². The smallest absolute Gasteiger partial charge is 0.224 e. The molecular weight excluding hydrogens is 274 g/mol. The summed E-state index contributed by atoms with van der Waals surface area (Å²) in [5, 5.41) is 3.42. The quantitative estimate of drug-likeness (QED) is 0.906. The van der Waals surface area contributed by atoms with Crippen LogP contribution in [-0.4, -0.2) is 13.0 Å². The second-order valence-corrected chi connectivity index (χ2v) is 4.73. The molecule has 3 nitrogen and oxygen atoms in total. The number of aryl methyl sites for hydroxylation is 1. The Kier molecular flexibility index (Phi) is 5.02. The van der Waals surface area contributed by atoms with Gasteiger partial charge in [0.15, 0.2) is 0 Å². The third-order valence-electron chi connectivity index (χ3n) is 2.94. The van der Waals surface area contributed by atoms with Crippen molar-refractivity contribution < 1.29 is 9.53 Å². The third kappa shape index (κ3) is 3.75. The first-order chi connectivity index (χ1) is 9.70. The van der Waals surface area contributed by atoms with Crippen LogP contribution >= 0.6 is 11.6 Å². The van der Waals surface area contributed by atoms with E-state index in [0.29, 0.717) is 23.6 Å². The molecule has 0 aliphatic rings. The van der Waals surface area contributed by atoms with Crippen molar-refractivity contribution in [3.8, 4) is 5.75 Å². The number of halogens is 1. The highest BCUT2D eigenvalue weighted by Crippen LogP contribution is 2.28. The van der Waals surface area contributed by atoms with E-state index < -0.39 is 0 Å². The molecule has 0 unspecified atom stereocenters. The number of amides is 1. The molecule has 4 heteroatoms. The van der Waals surface area contributed by atoms with Gasteiger partial charge in [-0.1, -0.05) is 41.9 Å². The molecule has 0 atom stereocenters. The summed E-state index contributed by atoms with van der Waals surface area (Å²) in [4.78, 5) is 11.9. The van der Waals surface area contributed by atoms with Gasteiger partial charge in [0.25, 0.3) is 0 Å². The van der Waals surface area contributed by atoms with Gasteiger partial charge >= 0.3 is 0 Å². The summed E-state index contributed by atoms with van der Waals surface area (Å²) in [6, 6.07) is 15.0. The van der Waals surface area contributed by atoms with Crippen molar-refractivity contribution in [2.24, 2.45) is 0 Å². The number of benzene rings is 2. The summed E-state index contributed by atoms with van der Waals surface area (Å²) in [6.45, 7) is 0. The zero-order valence-corrected chi connectivity index (χ0v) is 12.0. The molecule has 0 saturated carbocycles. The fourth-order valence-corrected chi connectivity index (χ4v) is 2.20. The highest BCUT2D eigenvalue weighted by atomic mass is 35.5. The van der Waals surface area contributed by atoms with Gasteiger partial charge in [-0.3, -0.25) is 4.79 Å². The van der Waals surface area contributed by atoms with Gasteiger partial charge in [-0.25, -0.2) is 0 Å². The van der Waals surface area contributed by atoms with Crippen LogP contribution in [0.5, 0.6) is 5.75 Å². The number of hydrogen-bond donors (Lipinski definition) is 1. The number of rotatable bonds is 5. The second-order valence-electron chi connectivity index (χ2n) is 4.35. The third-order valence-corrected chi connectivity index (χ3v) is 3.37. The summed E-state index contributed by atoms with van der Waals surface area (Å²) < 4.78 is 5.16. The predicted octanol–water partition coefficient (Wildman–Crippen LogP) is 3.92. The van der Waals surface area contributed by atoms with Crippen molar-refractivity contribution >= 4 is 23.2 Å². The fraction of sp³-hybridized carbons (Fsp3) is 0.188. The molecule has 0 bridgehead atoms. The van der Waals surface area contributed by atoms with Crippen LogP contribution in [-0.2, 0) is 11.2 Å². The molecule has 2 rings (SSSR count). The van der Waals surface area contributed by atoms with Crippen LogP contribution in [0, 0.1) is 0 Å². The number of para-hydroxylation sites is 1. The lowest BCUT2D eigenvalue weighted by Gasteiger charge is -2.09. The van der Waals surface area contributed by atoms with E-state index in [1.54, 1.807) is 13.2 Å². The van der Waals surface area contributed by atoms with Crippen molar-refractivity contribution in [3.05, 3.63) is 59.1 Å². The molecule has 1 amide bonds. The number of anilines is 1. The summed E-state index contributed by atoms with van der Waals surface area (Å²) in [5.74, 6) is 0.600. The number of ether oxygens (including phenoxy) is 1. The van der Waals surface area contributed by atoms with E-state index in [9.17, 15) is 4.79 Å². The van der Waals surface area contributed by atoms with Crippen LogP contribution in [0.1, 0.15) is 12.0 Å². The maximum Gasteiger partial charge on any atom is 0.224 e. The van der Waals surface area contributed by atoms with E-state index in [1.807, 2.05) is 42.5 Å². The molecule has 0 heterocycles. The average Bonchev–Trinajstić information content (AvgIpc) is 2.47. The molecular formula is C16H16ClNO2. The van der Waals surface area contributed by atoms with Gasteiger partial charge < -0.3 is 10.1 Å². The number of carbonyl (C=O) groups excluding carboxylic acids is 1. The summed E-state index contributed by atoms with van der Waals surface area (Å²) in [5.41, 5.74) is 1.71. The highest BCUT2D eigenvalue weighted by molar-refractivity contribution is 6.32. The highest BCUT2D eigenvalue weighted by Gasteiger charge is 2.08. The van der Waals surface area contributed by atoms with Crippen LogP contribution in [0.2, 0.25) is 5.02 Å². The van der Waals surface area contributed by atoms with Crippen LogP contribution in [0.25, 0.3) is 0 Å². The zero-order chi connectivity index (χ0) is 14.4. The monoisotopic (exact) mass is 289 g/mol. The van der Waals surface area contributed by atoms with Crippen molar-refractivity contribution in [2.75, 3.05) is 12.4 Å². The minimum absolute atomic E-state index is 0.0323. The van der Waals surface area contributed by atoms with Crippen molar-refractivity contribution in [2.45, 2.75) is 12.8 Å². The lowest BCUT2D eigenvalue weighted by molar-refractivity contribution is -0.116. The molecule has 0 aromatic heterocycles. The molecule has 0 aliphatic carbocycles. The molecule has 0 fully saturated rings. The minimum atomic E-state index is -0.0323. The maximum atomic E-state index is 11.9. The minimum Gasteiger partial charge on any atom is -0.495 e. The summed E-state index contributed by atoms with van der Waals surface area (Å²) >= 11 is 6.20. The Morgan fingerprint density at radius 3 is 2.60 bits per heavy atom. The summed E-state index contributed by atoms with van der Waals surface area (Å²) in [7, 11) is 1.58. The van der Waals surface area contributed by atoms with Gasteiger partial charge in [-0.2, -0.15) is 0 Å². The zero-order valence-electron chi connectivity index (χ0n) is 11.2. The van der Waals surface area contributed by atoms with E-state index in [4.69, 9.17) is 16.3 Å². The van der Waals surface area contributed by atoms with Gasteiger partial charge in [0.1, 0.15) is 5.75 Å². The van der Waals surface area contributed by atoms with Gasteiger partial charge in [0.2, 0.25) is 5.91 Å². The summed E-state index contributed by atoms with van der Waals surface area (Å²) in [6.07, 6.45) is 0.955. The van der Waals surface area contributed by atoms with E-state index in [2.05, 4.69) is 5.32 Å². The van der Waals surface area contributed by atoms with Gasteiger partial charge in [-0.15, -0.1) is 0 Å². The first-order valence-electron chi connectivity index (χ1n) is 6.37. The largest absolute Gasteiger partial charge is 0.495 e. The topological polar surface area (TPSA) is 38.3 Å². The Morgan fingerprint density at radius 2 is 1.90 bits per heavy atom. The molecule has 0 radical (unpaired) electrons. The molecule has 2 aromatic carbocycles. The lowest BCUT2D eigenvalue weighted by Crippen LogP contribution is -2.12. The number of carbonyl (C=O) groups is 1. The molecule has 0 aliphatic heterocycles. The van der Waals surface area contributed by atoms with E-state index in [0.717, 1.165) is 11.3 Å². The molecule has 2 aromatic rings. The number of hydrogen-bond acceptors (Lipinski definition) is 2. The Bertz CT molecular complexity index is 584. The Hall–Kier alpha value is -2.00.